The van der Waals surface area contributed by atoms with E-state index in [9.17, 15) is 29.3 Å². The van der Waals surface area contributed by atoms with Crippen molar-refractivity contribution in [3.8, 4) is 5.75 Å². The van der Waals surface area contributed by atoms with Gasteiger partial charge in [-0.2, -0.15) is 0 Å². The summed E-state index contributed by atoms with van der Waals surface area (Å²) < 4.78 is 5.30. The molecule has 10 nitrogen and oxygen atoms in total. The largest absolute Gasteiger partial charge is 0.427 e. The van der Waals surface area contributed by atoms with Gasteiger partial charge in [0, 0.05) is 35.3 Å². The molecule has 0 unspecified atom stereocenters. The van der Waals surface area contributed by atoms with Gasteiger partial charge in [-0.25, -0.2) is 0 Å². The smallest absolute Gasteiger partial charge is 0.311 e. The Bertz CT molecular complexity index is 1410. The number of carbonyl (C=O) groups excluding carboxylic acids is 4. The predicted molar refractivity (Wildman–Crippen MR) is 138 cm³/mol. The molecule has 0 fully saturated rings. The van der Waals surface area contributed by atoms with Gasteiger partial charge in [-0.05, 0) is 67.4 Å². The first-order valence-corrected chi connectivity index (χ1v) is 12.1. The molecular formula is C27H22ClN3O7. The topological polar surface area (TPSA) is 136 Å². The number of halogens is 1. The molecule has 0 bridgehead atoms. The number of imide groups is 1. The van der Waals surface area contributed by atoms with Crippen molar-refractivity contribution in [3.05, 3.63) is 98.6 Å². The van der Waals surface area contributed by atoms with E-state index >= 15 is 0 Å². The third-order valence-corrected chi connectivity index (χ3v) is 6.14. The van der Waals surface area contributed by atoms with E-state index in [0.29, 0.717) is 41.3 Å². The quantitative estimate of drug-likeness (QED) is 0.0933. The number of nitrogens with one attached hydrogen (secondary N) is 1. The number of unbranched alkanes of at least 4 members (excludes halogenated alkanes) is 2. The lowest BCUT2D eigenvalue weighted by Crippen LogP contribution is -2.30. The second-order valence-corrected chi connectivity index (χ2v) is 8.93. The van der Waals surface area contributed by atoms with Gasteiger partial charge in [0.05, 0.1) is 10.5 Å². The fraction of sp³-hybridized carbons (Fsp3) is 0.185. The summed E-state index contributed by atoms with van der Waals surface area (Å²) in [6, 6.07) is 16.8. The van der Waals surface area contributed by atoms with Gasteiger partial charge in [-0.3, -0.25) is 34.2 Å². The minimum atomic E-state index is -0.679. The Kier molecular flexibility index (Phi) is 8.12. The molecule has 0 atom stereocenters. The molecule has 0 saturated carbocycles. The number of fused-ring (bicyclic) bond motifs is 1. The summed E-state index contributed by atoms with van der Waals surface area (Å²) in [7, 11) is 0. The van der Waals surface area contributed by atoms with E-state index in [0.717, 1.165) is 4.90 Å². The van der Waals surface area contributed by atoms with Crippen molar-refractivity contribution < 1.29 is 28.8 Å². The van der Waals surface area contributed by atoms with Crippen molar-refractivity contribution in [3.63, 3.8) is 0 Å². The van der Waals surface area contributed by atoms with E-state index in [1.807, 2.05) is 0 Å². The van der Waals surface area contributed by atoms with Crippen LogP contribution in [0.25, 0.3) is 0 Å². The van der Waals surface area contributed by atoms with Crippen molar-refractivity contribution >= 4 is 46.7 Å². The molecule has 0 spiro atoms. The molecule has 0 aromatic heterocycles. The van der Waals surface area contributed by atoms with Crippen LogP contribution in [0.4, 0.5) is 11.4 Å². The highest BCUT2D eigenvalue weighted by Gasteiger charge is 2.40. The van der Waals surface area contributed by atoms with Crippen LogP contribution in [0.15, 0.2) is 66.7 Å². The molecule has 3 amide bonds. The van der Waals surface area contributed by atoms with Crippen molar-refractivity contribution in [1.82, 2.24) is 4.90 Å². The second-order valence-electron chi connectivity index (χ2n) is 8.49. The summed E-state index contributed by atoms with van der Waals surface area (Å²) in [6.45, 7) is 0.0953. The molecule has 0 radical (unpaired) electrons. The van der Waals surface area contributed by atoms with Crippen LogP contribution in [-0.4, -0.2) is 40.1 Å². The molecule has 1 heterocycles. The minimum absolute atomic E-state index is 0.0289. The summed E-state index contributed by atoms with van der Waals surface area (Å²) in [5, 5.41) is 14.5. The number of carbonyl (C=O) groups is 4. The molecule has 11 heteroatoms. The molecule has 3 aromatic carbocycles. The average molecular weight is 536 g/mol. The first kappa shape index (κ1) is 26.5. The molecule has 38 heavy (non-hydrogen) atoms. The summed E-state index contributed by atoms with van der Waals surface area (Å²) in [4.78, 5) is 61.1. The highest BCUT2D eigenvalue weighted by molar-refractivity contribution is 6.30. The molecule has 1 aliphatic heterocycles. The van der Waals surface area contributed by atoms with Crippen molar-refractivity contribution in [1.29, 1.82) is 0 Å². The van der Waals surface area contributed by atoms with Gasteiger partial charge in [-0.15, -0.1) is 0 Å². The van der Waals surface area contributed by atoms with Crippen LogP contribution >= 0.6 is 11.6 Å². The van der Waals surface area contributed by atoms with E-state index in [4.69, 9.17) is 16.3 Å². The number of rotatable bonds is 10. The third kappa shape index (κ3) is 6.04. The lowest BCUT2D eigenvalue weighted by atomic mass is 10.1. The van der Waals surface area contributed by atoms with Crippen LogP contribution in [0.1, 0.15) is 56.8 Å². The number of benzene rings is 3. The molecule has 0 aliphatic carbocycles. The Balaban J connectivity index is 1.19. The fourth-order valence-corrected chi connectivity index (χ4v) is 4.11. The minimum Gasteiger partial charge on any atom is -0.427 e. The molecule has 3 aromatic rings. The molecule has 194 valence electrons. The van der Waals surface area contributed by atoms with E-state index in [1.54, 1.807) is 36.4 Å². The lowest BCUT2D eigenvalue weighted by Gasteiger charge is -2.13. The summed E-state index contributed by atoms with van der Waals surface area (Å²) in [5.41, 5.74) is 0.444. The molecule has 0 saturated heterocycles. The van der Waals surface area contributed by atoms with Gasteiger partial charge >= 0.3 is 5.97 Å². The number of hydrogen-bond donors (Lipinski definition) is 1. The maximum atomic E-state index is 12.6. The zero-order valence-electron chi connectivity index (χ0n) is 20.0. The molecular weight excluding hydrogens is 514 g/mol. The zero-order valence-corrected chi connectivity index (χ0v) is 20.8. The number of nitrogens with zero attached hydrogens (tertiary/aromatic N) is 2. The zero-order chi connectivity index (χ0) is 27.2. The van der Waals surface area contributed by atoms with E-state index in [-0.39, 0.29) is 35.7 Å². The van der Waals surface area contributed by atoms with Gasteiger partial charge in [0.15, 0.2) is 0 Å². The second kappa shape index (κ2) is 11.7. The number of amides is 3. The van der Waals surface area contributed by atoms with Crippen molar-refractivity contribution in [2.75, 3.05) is 11.9 Å². The third-order valence-electron chi connectivity index (χ3n) is 5.89. The van der Waals surface area contributed by atoms with Crippen LogP contribution in [0.5, 0.6) is 5.75 Å². The van der Waals surface area contributed by atoms with Gasteiger partial charge in [0.2, 0.25) is 0 Å². The number of ether oxygens (including phenoxy) is 1. The van der Waals surface area contributed by atoms with Gasteiger partial charge in [-0.1, -0.05) is 24.1 Å². The van der Waals surface area contributed by atoms with Crippen molar-refractivity contribution in [2.24, 2.45) is 0 Å². The highest BCUT2D eigenvalue weighted by atomic mass is 35.5. The number of esters is 1. The Morgan fingerprint density at radius 3 is 2.32 bits per heavy atom. The fourth-order valence-electron chi connectivity index (χ4n) is 3.98. The Morgan fingerprint density at radius 1 is 0.921 bits per heavy atom. The Morgan fingerprint density at radius 2 is 1.63 bits per heavy atom. The normalized spacial score (nSPS) is 12.3. The Hall–Kier alpha value is -4.57. The van der Waals surface area contributed by atoms with Crippen LogP contribution in [0.2, 0.25) is 5.02 Å². The lowest BCUT2D eigenvalue weighted by molar-refractivity contribution is -0.385. The SMILES string of the molecule is O=C(CCCCCN1C(=O)c2cccc([N+](=O)[O-])c2C1=O)Oc1ccc(C(=O)Nc2ccc(Cl)cc2)cc1. The first-order chi connectivity index (χ1) is 18.2. The highest BCUT2D eigenvalue weighted by Crippen LogP contribution is 2.31. The first-order valence-electron chi connectivity index (χ1n) is 11.8. The standard InChI is InChI=1S/C27H22ClN3O7/c28-18-10-12-19(13-11-18)29-25(33)17-8-14-20(15-9-17)38-23(32)7-2-1-3-16-30-26(34)21-5-4-6-22(31(36)37)24(21)27(30)35/h4-6,8-15H,1-3,7,16H2,(H,29,33). The summed E-state index contributed by atoms with van der Waals surface area (Å²) in [5.74, 6) is -1.72. The van der Waals surface area contributed by atoms with Crippen LogP contribution in [-0.2, 0) is 4.79 Å². The van der Waals surface area contributed by atoms with Gasteiger partial charge in [0.25, 0.3) is 23.4 Å². The summed E-state index contributed by atoms with van der Waals surface area (Å²) in [6.07, 6.45) is 1.55. The molecule has 4 rings (SSSR count). The van der Waals surface area contributed by atoms with Crippen LogP contribution in [0.3, 0.4) is 0 Å². The predicted octanol–water partition coefficient (Wildman–Crippen LogP) is 5.26. The average Bonchev–Trinajstić information content (AvgIpc) is 3.15. The van der Waals surface area contributed by atoms with E-state index < -0.39 is 22.7 Å². The van der Waals surface area contributed by atoms with Crippen molar-refractivity contribution in [2.45, 2.75) is 25.7 Å². The Labute approximate surface area is 222 Å². The van der Waals surface area contributed by atoms with E-state index in [1.165, 1.54) is 30.3 Å². The molecule has 1 aliphatic rings. The monoisotopic (exact) mass is 535 g/mol. The number of hydrogen-bond acceptors (Lipinski definition) is 7. The molecule has 1 N–H and O–H groups in total. The van der Waals surface area contributed by atoms with Gasteiger partial charge < -0.3 is 10.1 Å². The maximum Gasteiger partial charge on any atom is 0.311 e. The van der Waals surface area contributed by atoms with Crippen LogP contribution in [0, 0.1) is 10.1 Å². The maximum absolute atomic E-state index is 12.6. The van der Waals surface area contributed by atoms with E-state index in [2.05, 4.69) is 5.32 Å². The number of nitro groups is 1. The van der Waals surface area contributed by atoms with Gasteiger partial charge in [0.1, 0.15) is 11.3 Å². The summed E-state index contributed by atoms with van der Waals surface area (Å²) >= 11 is 5.84. The number of nitro benzene ring substituents is 1. The number of anilines is 1. The van der Waals surface area contributed by atoms with Crippen LogP contribution < -0.4 is 10.1 Å².